The van der Waals surface area contributed by atoms with Crippen LogP contribution in [0, 0.1) is 18.6 Å². The summed E-state index contributed by atoms with van der Waals surface area (Å²) in [5.41, 5.74) is 0.632. The van der Waals surface area contributed by atoms with Crippen molar-refractivity contribution in [1.82, 2.24) is 0 Å². The molecule has 0 unspecified atom stereocenters. The van der Waals surface area contributed by atoms with E-state index in [0.717, 1.165) is 12.1 Å². The van der Waals surface area contributed by atoms with Gasteiger partial charge in [-0.1, -0.05) is 17.7 Å². The number of rotatable bonds is 3. The van der Waals surface area contributed by atoms with Crippen molar-refractivity contribution in [2.45, 2.75) is 6.92 Å². The number of carbonyl (C=O) groups is 1. The number of hydrogen-bond acceptors (Lipinski definition) is 2. The third-order valence-corrected chi connectivity index (χ3v) is 2.85. The lowest BCUT2D eigenvalue weighted by atomic mass is 10.2. The van der Waals surface area contributed by atoms with E-state index in [4.69, 9.17) is 16.3 Å². The van der Waals surface area contributed by atoms with Gasteiger partial charge in [0.2, 0.25) is 0 Å². The lowest BCUT2D eigenvalue weighted by molar-refractivity contribution is 0.112. The molecule has 2 aromatic rings. The van der Waals surface area contributed by atoms with Crippen molar-refractivity contribution >= 4 is 17.9 Å². The van der Waals surface area contributed by atoms with E-state index in [1.165, 1.54) is 6.07 Å². The molecule has 0 saturated carbocycles. The van der Waals surface area contributed by atoms with Crippen molar-refractivity contribution in [2.24, 2.45) is 0 Å². The number of ether oxygens (including phenoxy) is 1. The SMILES string of the molecule is Cc1cc(F)c(F)cc1Oc1c(Cl)cccc1C=O. The highest BCUT2D eigenvalue weighted by Gasteiger charge is 2.13. The van der Waals surface area contributed by atoms with E-state index in [2.05, 4.69) is 0 Å². The van der Waals surface area contributed by atoms with Gasteiger partial charge in [0.15, 0.2) is 23.7 Å². The van der Waals surface area contributed by atoms with Crippen molar-refractivity contribution < 1.29 is 18.3 Å². The van der Waals surface area contributed by atoms with Gasteiger partial charge in [-0.25, -0.2) is 8.78 Å². The summed E-state index contributed by atoms with van der Waals surface area (Å²) in [5, 5.41) is 0.216. The first-order chi connectivity index (χ1) is 9.02. The second-order valence-corrected chi connectivity index (χ2v) is 4.32. The maximum absolute atomic E-state index is 13.2. The summed E-state index contributed by atoms with van der Waals surface area (Å²) >= 11 is 5.93. The van der Waals surface area contributed by atoms with Crippen LogP contribution in [0.1, 0.15) is 15.9 Å². The Hall–Kier alpha value is -1.94. The highest BCUT2D eigenvalue weighted by Crippen LogP contribution is 2.34. The van der Waals surface area contributed by atoms with Gasteiger partial charge in [0, 0.05) is 6.07 Å². The molecule has 0 atom stereocenters. The van der Waals surface area contributed by atoms with Gasteiger partial charge in [-0.05, 0) is 30.7 Å². The number of benzene rings is 2. The Morgan fingerprint density at radius 1 is 1.21 bits per heavy atom. The number of aldehydes is 1. The van der Waals surface area contributed by atoms with Crippen molar-refractivity contribution in [2.75, 3.05) is 0 Å². The molecular formula is C14H9ClF2O2. The van der Waals surface area contributed by atoms with Crippen LogP contribution in [0.3, 0.4) is 0 Å². The molecule has 2 aromatic carbocycles. The first-order valence-electron chi connectivity index (χ1n) is 5.40. The van der Waals surface area contributed by atoms with Crippen LogP contribution in [0.25, 0.3) is 0 Å². The normalized spacial score (nSPS) is 10.3. The van der Waals surface area contributed by atoms with Crippen molar-refractivity contribution in [3.8, 4) is 11.5 Å². The molecule has 2 rings (SSSR count). The minimum absolute atomic E-state index is 0.107. The van der Waals surface area contributed by atoms with Gasteiger partial charge < -0.3 is 4.74 Å². The number of aryl methyl sites for hydroxylation is 1. The highest BCUT2D eigenvalue weighted by molar-refractivity contribution is 6.32. The molecule has 98 valence electrons. The smallest absolute Gasteiger partial charge is 0.162 e. The summed E-state index contributed by atoms with van der Waals surface area (Å²) in [6.07, 6.45) is 0.580. The third-order valence-electron chi connectivity index (χ3n) is 2.55. The molecule has 0 bridgehead atoms. The van der Waals surface area contributed by atoms with E-state index in [9.17, 15) is 13.6 Å². The molecule has 0 aliphatic carbocycles. The fourth-order valence-electron chi connectivity index (χ4n) is 1.57. The Morgan fingerprint density at radius 2 is 1.89 bits per heavy atom. The maximum Gasteiger partial charge on any atom is 0.162 e. The summed E-state index contributed by atoms with van der Waals surface area (Å²) in [6, 6.07) is 6.59. The number of hydrogen-bond donors (Lipinski definition) is 0. The van der Waals surface area contributed by atoms with E-state index in [-0.39, 0.29) is 22.1 Å². The minimum Gasteiger partial charge on any atom is -0.455 e. The van der Waals surface area contributed by atoms with E-state index in [0.29, 0.717) is 11.8 Å². The standard InChI is InChI=1S/C14H9ClF2O2/c1-8-5-11(16)12(17)6-13(8)19-14-9(7-18)3-2-4-10(14)15/h2-7H,1H3. The van der Waals surface area contributed by atoms with Crippen LogP contribution in [0.2, 0.25) is 5.02 Å². The molecular weight excluding hydrogens is 274 g/mol. The summed E-state index contributed by atoms with van der Waals surface area (Å²) in [4.78, 5) is 10.9. The van der Waals surface area contributed by atoms with E-state index < -0.39 is 11.6 Å². The molecule has 0 spiro atoms. The van der Waals surface area contributed by atoms with Crippen LogP contribution in [-0.4, -0.2) is 6.29 Å². The molecule has 0 N–H and O–H groups in total. The molecule has 0 radical (unpaired) electrons. The Kier molecular flexibility index (Phi) is 3.81. The number of carbonyl (C=O) groups excluding carboxylic acids is 1. The highest BCUT2D eigenvalue weighted by atomic mass is 35.5. The van der Waals surface area contributed by atoms with Crippen LogP contribution < -0.4 is 4.74 Å². The molecule has 0 aromatic heterocycles. The summed E-state index contributed by atoms with van der Waals surface area (Å²) in [6.45, 7) is 1.56. The predicted octanol–water partition coefficient (Wildman–Crippen LogP) is 4.53. The predicted molar refractivity (Wildman–Crippen MR) is 68.0 cm³/mol. The first kappa shape index (κ1) is 13.5. The lowest BCUT2D eigenvalue weighted by Gasteiger charge is -2.12. The van der Waals surface area contributed by atoms with Crippen molar-refractivity contribution in [3.05, 3.63) is 58.1 Å². The number of halogens is 3. The quantitative estimate of drug-likeness (QED) is 0.773. The molecule has 0 amide bonds. The Balaban J connectivity index is 2.47. The maximum atomic E-state index is 13.2. The van der Waals surface area contributed by atoms with Gasteiger partial charge in [0.1, 0.15) is 5.75 Å². The fourth-order valence-corrected chi connectivity index (χ4v) is 1.79. The molecule has 0 saturated heterocycles. The van der Waals surface area contributed by atoms with Crippen LogP contribution in [0.5, 0.6) is 11.5 Å². The largest absolute Gasteiger partial charge is 0.455 e. The molecule has 5 heteroatoms. The molecule has 2 nitrogen and oxygen atoms in total. The zero-order chi connectivity index (χ0) is 14.0. The second kappa shape index (κ2) is 5.36. The van der Waals surface area contributed by atoms with E-state index >= 15 is 0 Å². The topological polar surface area (TPSA) is 26.3 Å². The summed E-state index contributed by atoms with van der Waals surface area (Å²) < 4.78 is 31.6. The average molecular weight is 283 g/mol. The fraction of sp³-hybridized carbons (Fsp3) is 0.0714. The Labute approximate surface area is 113 Å². The van der Waals surface area contributed by atoms with Gasteiger partial charge >= 0.3 is 0 Å². The van der Waals surface area contributed by atoms with Crippen LogP contribution >= 0.6 is 11.6 Å². The first-order valence-corrected chi connectivity index (χ1v) is 5.78. The van der Waals surface area contributed by atoms with Crippen LogP contribution in [-0.2, 0) is 0 Å². The lowest BCUT2D eigenvalue weighted by Crippen LogP contribution is -1.95. The minimum atomic E-state index is -1.03. The second-order valence-electron chi connectivity index (χ2n) is 3.91. The van der Waals surface area contributed by atoms with Gasteiger partial charge in [0.25, 0.3) is 0 Å². The summed E-state index contributed by atoms with van der Waals surface area (Å²) in [5.74, 6) is -1.76. The average Bonchev–Trinajstić information content (AvgIpc) is 2.38. The zero-order valence-corrected chi connectivity index (χ0v) is 10.7. The third kappa shape index (κ3) is 2.74. The van der Waals surface area contributed by atoms with Gasteiger partial charge in [0.05, 0.1) is 10.6 Å². The monoisotopic (exact) mass is 282 g/mol. The molecule has 0 aliphatic rings. The molecule has 0 aliphatic heterocycles. The molecule has 0 heterocycles. The van der Waals surface area contributed by atoms with Gasteiger partial charge in [-0.2, -0.15) is 0 Å². The summed E-state index contributed by atoms with van der Waals surface area (Å²) in [7, 11) is 0. The van der Waals surface area contributed by atoms with Crippen LogP contribution in [0.4, 0.5) is 8.78 Å². The number of para-hydroxylation sites is 1. The molecule has 19 heavy (non-hydrogen) atoms. The van der Waals surface area contributed by atoms with E-state index in [1.807, 2.05) is 0 Å². The Bertz CT molecular complexity index is 642. The van der Waals surface area contributed by atoms with Crippen LogP contribution in [0.15, 0.2) is 30.3 Å². The zero-order valence-electron chi connectivity index (χ0n) is 9.91. The Morgan fingerprint density at radius 3 is 2.58 bits per heavy atom. The van der Waals surface area contributed by atoms with Gasteiger partial charge in [-0.3, -0.25) is 4.79 Å². The molecule has 0 fully saturated rings. The van der Waals surface area contributed by atoms with E-state index in [1.54, 1.807) is 19.1 Å². The van der Waals surface area contributed by atoms with Crippen molar-refractivity contribution in [1.29, 1.82) is 0 Å². The van der Waals surface area contributed by atoms with Crippen molar-refractivity contribution in [3.63, 3.8) is 0 Å². The van der Waals surface area contributed by atoms with Gasteiger partial charge in [-0.15, -0.1) is 0 Å².